The Kier molecular flexibility index (Phi) is 5.54. The van der Waals surface area contributed by atoms with Crippen molar-refractivity contribution in [2.24, 2.45) is 7.05 Å². The zero-order chi connectivity index (χ0) is 21.4. The van der Waals surface area contributed by atoms with E-state index in [1.165, 1.54) is 0 Å². The molecular weight excluding hydrogens is 458 g/mol. The van der Waals surface area contributed by atoms with Gasteiger partial charge in [-0.2, -0.15) is 5.10 Å². The summed E-state index contributed by atoms with van der Waals surface area (Å²) in [6.07, 6.45) is 6.02. The summed E-state index contributed by atoms with van der Waals surface area (Å²) in [6, 6.07) is 12.3. The van der Waals surface area contributed by atoms with Crippen molar-refractivity contribution in [1.82, 2.24) is 14.7 Å². The minimum Gasteiger partial charge on any atom is -0.489 e. The van der Waals surface area contributed by atoms with E-state index in [9.17, 15) is 4.79 Å². The lowest BCUT2D eigenvalue weighted by atomic mass is 10.1. The lowest BCUT2D eigenvalue weighted by Crippen LogP contribution is -2.24. The number of halogens is 1. The second kappa shape index (κ2) is 8.48. The summed E-state index contributed by atoms with van der Waals surface area (Å²) >= 11 is 3.56. The number of benzene rings is 2. The van der Waals surface area contributed by atoms with E-state index in [0.717, 1.165) is 46.2 Å². The van der Waals surface area contributed by atoms with Gasteiger partial charge < -0.3 is 14.4 Å². The summed E-state index contributed by atoms with van der Waals surface area (Å²) in [5.41, 5.74) is 4.95. The Hall–Kier alpha value is -2.64. The van der Waals surface area contributed by atoms with Crippen LogP contribution in [0.15, 0.2) is 53.3 Å². The molecular formula is C24H24BrN3O3. The topological polar surface area (TPSA) is 56.6 Å². The highest BCUT2D eigenvalue weighted by Crippen LogP contribution is 2.38. The van der Waals surface area contributed by atoms with Gasteiger partial charge in [-0.3, -0.25) is 9.48 Å². The molecule has 0 N–H and O–H groups in total. The van der Waals surface area contributed by atoms with Gasteiger partial charge in [-0.15, -0.1) is 0 Å². The molecule has 1 atom stereocenters. The Morgan fingerprint density at radius 2 is 2.03 bits per heavy atom. The number of ether oxygens (including phenoxy) is 2. The van der Waals surface area contributed by atoms with Crippen LogP contribution >= 0.6 is 15.9 Å². The Labute approximate surface area is 189 Å². The molecule has 1 saturated heterocycles. The van der Waals surface area contributed by atoms with E-state index in [0.29, 0.717) is 31.0 Å². The van der Waals surface area contributed by atoms with Crippen molar-refractivity contribution in [3.63, 3.8) is 0 Å². The molecule has 1 aromatic heterocycles. The number of nitrogens with zero attached hydrogens (tertiary/aromatic N) is 3. The van der Waals surface area contributed by atoms with Crippen molar-refractivity contribution in [3.8, 4) is 16.9 Å². The van der Waals surface area contributed by atoms with Crippen molar-refractivity contribution < 1.29 is 14.3 Å². The molecule has 160 valence electrons. The molecule has 1 amide bonds. The van der Waals surface area contributed by atoms with Crippen LogP contribution < -0.4 is 4.74 Å². The molecule has 2 aromatic carbocycles. The summed E-state index contributed by atoms with van der Waals surface area (Å²) < 4.78 is 14.3. The molecule has 1 fully saturated rings. The smallest absolute Gasteiger partial charge is 0.258 e. The molecule has 2 aliphatic rings. The molecule has 2 aliphatic heterocycles. The van der Waals surface area contributed by atoms with Gasteiger partial charge in [-0.05, 0) is 51.5 Å². The average molecular weight is 482 g/mol. The summed E-state index contributed by atoms with van der Waals surface area (Å²) in [4.78, 5) is 15.1. The zero-order valence-electron chi connectivity index (χ0n) is 17.4. The van der Waals surface area contributed by atoms with E-state index in [1.807, 2.05) is 36.5 Å². The minimum atomic E-state index is 0.00924. The van der Waals surface area contributed by atoms with Crippen LogP contribution in [-0.4, -0.2) is 39.9 Å². The number of aromatic nitrogens is 2. The van der Waals surface area contributed by atoms with Gasteiger partial charge in [-0.1, -0.05) is 30.3 Å². The van der Waals surface area contributed by atoms with E-state index < -0.39 is 0 Å². The van der Waals surface area contributed by atoms with Gasteiger partial charge in [0.25, 0.3) is 5.91 Å². The third-order valence-corrected chi connectivity index (χ3v) is 6.49. The maximum Gasteiger partial charge on any atom is 0.258 e. The lowest BCUT2D eigenvalue weighted by molar-refractivity contribution is 0.0656. The van der Waals surface area contributed by atoms with Crippen LogP contribution in [-0.2, 0) is 24.9 Å². The van der Waals surface area contributed by atoms with E-state index >= 15 is 0 Å². The number of carbonyl (C=O) groups is 1. The van der Waals surface area contributed by atoms with Crippen LogP contribution in [0.3, 0.4) is 0 Å². The molecule has 7 heteroatoms. The first-order valence-corrected chi connectivity index (χ1v) is 11.3. The van der Waals surface area contributed by atoms with E-state index in [1.54, 1.807) is 4.68 Å². The van der Waals surface area contributed by atoms with Gasteiger partial charge in [0.05, 0.1) is 22.3 Å². The van der Waals surface area contributed by atoms with Gasteiger partial charge in [0.2, 0.25) is 0 Å². The second-order valence-electron chi connectivity index (χ2n) is 8.12. The fourth-order valence-electron chi connectivity index (χ4n) is 4.21. The Bertz CT molecular complexity index is 1100. The van der Waals surface area contributed by atoms with Crippen molar-refractivity contribution in [3.05, 3.63) is 70.0 Å². The average Bonchev–Trinajstić information content (AvgIpc) is 3.50. The number of hydrogen-bond acceptors (Lipinski definition) is 4. The molecule has 31 heavy (non-hydrogen) atoms. The number of hydrogen-bond donors (Lipinski definition) is 0. The fraction of sp³-hybridized carbons (Fsp3) is 0.333. The van der Waals surface area contributed by atoms with Crippen molar-refractivity contribution in [2.75, 3.05) is 13.2 Å². The van der Waals surface area contributed by atoms with Gasteiger partial charge >= 0.3 is 0 Å². The summed E-state index contributed by atoms with van der Waals surface area (Å²) in [6.45, 7) is 2.40. The number of fused-ring (bicyclic) bond motifs is 1. The molecule has 1 unspecified atom stereocenters. The lowest BCUT2D eigenvalue weighted by Gasteiger charge is -2.17. The molecule has 0 spiro atoms. The molecule has 3 aromatic rings. The monoisotopic (exact) mass is 481 g/mol. The molecule has 0 aliphatic carbocycles. The largest absolute Gasteiger partial charge is 0.489 e. The number of carbonyl (C=O) groups excluding carboxylic acids is 1. The number of amides is 1. The molecule has 0 saturated carbocycles. The quantitative estimate of drug-likeness (QED) is 0.517. The van der Waals surface area contributed by atoms with Gasteiger partial charge in [-0.25, -0.2) is 0 Å². The molecule has 5 rings (SSSR count). The van der Waals surface area contributed by atoms with E-state index in [2.05, 4.69) is 45.3 Å². The Morgan fingerprint density at radius 1 is 1.19 bits per heavy atom. The van der Waals surface area contributed by atoms with Gasteiger partial charge in [0, 0.05) is 38.5 Å². The summed E-state index contributed by atoms with van der Waals surface area (Å²) in [7, 11) is 1.91. The standard InChI is InChI=1S/C24H24BrN3O3/c1-27-13-19(11-26-27)17-6-4-16(5-7-17)12-28-14-18-8-9-21(25)23(22(18)24(28)29)31-15-20-3-2-10-30-20/h4-9,11,13,20H,2-3,10,12,14-15H2,1H3. The molecule has 3 heterocycles. The Balaban J connectivity index is 1.31. The number of aryl methyl sites for hydroxylation is 1. The third-order valence-electron chi connectivity index (χ3n) is 5.86. The number of rotatable bonds is 6. The van der Waals surface area contributed by atoms with E-state index in [4.69, 9.17) is 9.47 Å². The van der Waals surface area contributed by atoms with Crippen molar-refractivity contribution in [1.29, 1.82) is 0 Å². The Morgan fingerprint density at radius 3 is 2.74 bits per heavy atom. The molecule has 6 nitrogen and oxygen atoms in total. The minimum absolute atomic E-state index is 0.00924. The van der Waals surface area contributed by atoms with Crippen molar-refractivity contribution in [2.45, 2.75) is 32.0 Å². The maximum atomic E-state index is 13.2. The molecule has 0 bridgehead atoms. The zero-order valence-corrected chi connectivity index (χ0v) is 19.0. The fourth-order valence-corrected chi connectivity index (χ4v) is 4.66. The van der Waals surface area contributed by atoms with Crippen LogP contribution in [0.4, 0.5) is 0 Å². The highest BCUT2D eigenvalue weighted by molar-refractivity contribution is 9.10. The normalized spacial score (nSPS) is 17.9. The third kappa shape index (κ3) is 4.12. The van der Waals surface area contributed by atoms with Gasteiger partial charge in [0.15, 0.2) is 0 Å². The van der Waals surface area contributed by atoms with E-state index in [-0.39, 0.29) is 12.0 Å². The first-order valence-electron chi connectivity index (χ1n) is 10.5. The first kappa shape index (κ1) is 20.3. The van der Waals surface area contributed by atoms with Crippen molar-refractivity contribution >= 4 is 21.8 Å². The van der Waals surface area contributed by atoms with Gasteiger partial charge in [0.1, 0.15) is 12.4 Å². The first-order chi connectivity index (χ1) is 15.1. The van der Waals surface area contributed by atoms with Crippen LogP contribution in [0.25, 0.3) is 11.1 Å². The van der Waals surface area contributed by atoms with Crippen LogP contribution in [0, 0.1) is 0 Å². The highest BCUT2D eigenvalue weighted by atomic mass is 79.9. The summed E-state index contributed by atoms with van der Waals surface area (Å²) in [5, 5.41) is 4.23. The predicted octanol–water partition coefficient (Wildman–Crippen LogP) is 4.56. The van der Waals surface area contributed by atoms with Crippen LogP contribution in [0.1, 0.15) is 34.3 Å². The van der Waals surface area contributed by atoms with Crippen LogP contribution in [0.2, 0.25) is 0 Å². The summed E-state index contributed by atoms with van der Waals surface area (Å²) in [5.74, 6) is 0.641. The predicted molar refractivity (Wildman–Crippen MR) is 121 cm³/mol. The SMILES string of the molecule is Cn1cc(-c2ccc(CN3Cc4ccc(Br)c(OCC5CCCO5)c4C3=O)cc2)cn1. The maximum absolute atomic E-state index is 13.2. The van der Waals surface area contributed by atoms with Crippen LogP contribution in [0.5, 0.6) is 5.75 Å². The second-order valence-corrected chi connectivity index (χ2v) is 8.97. The highest BCUT2D eigenvalue weighted by Gasteiger charge is 2.32. The molecule has 0 radical (unpaired) electrons.